The highest BCUT2D eigenvalue weighted by Crippen LogP contribution is 2.30. The molecule has 21 heavy (non-hydrogen) atoms. The van der Waals surface area contributed by atoms with E-state index in [1.165, 1.54) is 0 Å². The van der Waals surface area contributed by atoms with Gasteiger partial charge in [-0.2, -0.15) is 0 Å². The molecule has 0 bridgehead atoms. The Bertz CT molecular complexity index is 606. The molecule has 4 nitrogen and oxygen atoms in total. The predicted octanol–water partition coefficient (Wildman–Crippen LogP) is 4.26. The first-order valence-corrected chi connectivity index (χ1v) is 7.04. The fourth-order valence-electron chi connectivity index (χ4n) is 2.25. The zero-order valence-electron chi connectivity index (χ0n) is 12.7. The van der Waals surface area contributed by atoms with E-state index >= 15 is 0 Å². The highest BCUT2D eigenvalue weighted by Gasteiger charge is 2.24. The number of para-hydroxylation sites is 1. The Hall–Kier alpha value is -2.28. The number of hydrogen-bond acceptors (Lipinski definition) is 2. The number of rotatable bonds is 1. The molecule has 0 aromatic heterocycles. The highest BCUT2D eigenvalue weighted by atomic mass is 16.6. The van der Waals surface area contributed by atoms with Crippen LogP contribution in [0.4, 0.5) is 10.5 Å². The Morgan fingerprint density at radius 1 is 1.33 bits per heavy atom. The average molecular weight is 284 g/mol. The zero-order chi connectivity index (χ0) is 15.5. The molecule has 0 N–H and O–H groups in total. The number of carbonyl (C=O) groups is 1. The van der Waals surface area contributed by atoms with Gasteiger partial charge >= 0.3 is 6.09 Å². The van der Waals surface area contributed by atoms with Crippen molar-refractivity contribution in [3.63, 3.8) is 0 Å². The van der Waals surface area contributed by atoms with Crippen LogP contribution < -0.4 is 0 Å². The van der Waals surface area contributed by atoms with Crippen LogP contribution in [-0.4, -0.2) is 29.7 Å². The molecular weight excluding hydrogens is 264 g/mol. The van der Waals surface area contributed by atoms with Crippen LogP contribution in [0.3, 0.4) is 0 Å². The van der Waals surface area contributed by atoms with E-state index < -0.39 is 5.60 Å². The number of hydrogen-bond donors (Lipinski definition) is 0. The second-order valence-corrected chi connectivity index (χ2v) is 6.03. The van der Waals surface area contributed by atoms with Crippen molar-refractivity contribution in [3.05, 3.63) is 47.3 Å². The minimum atomic E-state index is -0.474. The third-order valence-corrected chi connectivity index (χ3v) is 3.23. The third kappa shape index (κ3) is 3.85. The van der Waals surface area contributed by atoms with E-state index in [0.717, 1.165) is 17.6 Å². The maximum atomic E-state index is 12.0. The van der Waals surface area contributed by atoms with Crippen LogP contribution in [0.25, 0.3) is 10.4 Å². The van der Waals surface area contributed by atoms with E-state index in [1.807, 2.05) is 51.1 Å². The van der Waals surface area contributed by atoms with Gasteiger partial charge in [-0.25, -0.2) is 9.64 Å². The summed E-state index contributed by atoms with van der Waals surface area (Å²) in [6.07, 6.45) is 2.47. The fourth-order valence-corrected chi connectivity index (χ4v) is 2.25. The third-order valence-electron chi connectivity index (χ3n) is 3.23. The van der Waals surface area contributed by atoms with E-state index in [9.17, 15) is 4.79 Å². The smallest absolute Gasteiger partial charge is 0.410 e. The van der Waals surface area contributed by atoms with Crippen molar-refractivity contribution in [1.29, 1.82) is 0 Å². The molecule has 0 fully saturated rings. The van der Waals surface area contributed by atoms with E-state index in [2.05, 4.69) is 4.85 Å². The van der Waals surface area contributed by atoms with Gasteiger partial charge in [0.25, 0.3) is 0 Å². The molecule has 0 unspecified atom stereocenters. The van der Waals surface area contributed by atoms with Crippen LogP contribution >= 0.6 is 0 Å². The summed E-state index contributed by atoms with van der Waals surface area (Å²) in [7, 11) is 0. The Balaban J connectivity index is 2.09. The van der Waals surface area contributed by atoms with Gasteiger partial charge in [-0.1, -0.05) is 35.9 Å². The fraction of sp³-hybridized carbons (Fsp3) is 0.412. The monoisotopic (exact) mass is 284 g/mol. The Morgan fingerprint density at radius 2 is 2.05 bits per heavy atom. The number of amides is 1. The Morgan fingerprint density at radius 3 is 2.62 bits per heavy atom. The molecular formula is C17H20N2O2. The first-order valence-electron chi connectivity index (χ1n) is 7.04. The number of nitrogens with zero attached hydrogens (tertiary/aromatic N) is 2. The standard InChI is InChI=1S/C17H20N2O2/c1-17(2,3)21-16(20)19-11-9-13(10-12-19)14-7-5-6-8-15(14)18-4/h5-9H,10-12H2,1-3H3. The molecule has 0 saturated heterocycles. The van der Waals surface area contributed by atoms with Gasteiger partial charge in [-0.3, -0.25) is 0 Å². The molecule has 1 aromatic carbocycles. The van der Waals surface area contributed by atoms with Gasteiger partial charge < -0.3 is 9.64 Å². The molecule has 110 valence electrons. The van der Waals surface area contributed by atoms with Gasteiger partial charge in [-0.15, -0.1) is 0 Å². The van der Waals surface area contributed by atoms with Crippen LogP contribution in [-0.2, 0) is 4.74 Å². The highest BCUT2D eigenvalue weighted by molar-refractivity contribution is 5.79. The molecule has 0 radical (unpaired) electrons. The van der Waals surface area contributed by atoms with Gasteiger partial charge in [0.15, 0.2) is 5.69 Å². The normalized spacial score (nSPS) is 15.1. The number of carbonyl (C=O) groups excluding carboxylic acids is 1. The van der Waals surface area contributed by atoms with Crippen LogP contribution in [0.15, 0.2) is 30.3 Å². The van der Waals surface area contributed by atoms with Gasteiger partial charge in [0.2, 0.25) is 0 Å². The van der Waals surface area contributed by atoms with Gasteiger partial charge in [0.05, 0.1) is 6.57 Å². The van der Waals surface area contributed by atoms with Crippen molar-refractivity contribution < 1.29 is 9.53 Å². The van der Waals surface area contributed by atoms with Crippen LogP contribution in [0, 0.1) is 6.57 Å². The molecule has 4 heteroatoms. The summed E-state index contributed by atoms with van der Waals surface area (Å²) in [6, 6.07) is 7.59. The zero-order valence-corrected chi connectivity index (χ0v) is 12.7. The molecule has 0 atom stereocenters. The number of benzene rings is 1. The minimum absolute atomic E-state index is 0.281. The lowest BCUT2D eigenvalue weighted by Crippen LogP contribution is -2.39. The number of ether oxygens (including phenoxy) is 1. The van der Waals surface area contributed by atoms with E-state index in [4.69, 9.17) is 11.3 Å². The van der Waals surface area contributed by atoms with Crippen LogP contribution in [0.2, 0.25) is 0 Å². The first-order chi connectivity index (χ1) is 9.90. The van der Waals surface area contributed by atoms with Gasteiger partial charge in [0, 0.05) is 13.1 Å². The van der Waals surface area contributed by atoms with E-state index in [1.54, 1.807) is 4.90 Å². The molecule has 0 aliphatic carbocycles. The summed E-state index contributed by atoms with van der Waals surface area (Å²) in [5.74, 6) is 0. The largest absolute Gasteiger partial charge is 0.444 e. The quantitative estimate of drug-likeness (QED) is 0.722. The van der Waals surface area contributed by atoms with E-state index in [-0.39, 0.29) is 6.09 Å². The predicted molar refractivity (Wildman–Crippen MR) is 83.1 cm³/mol. The second-order valence-electron chi connectivity index (χ2n) is 6.03. The van der Waals surface area contributed by atoms with Crippen molar-refractivity contribution in [2.45, 2.75) is 32.8 Å². The summed E-state index contributed by atoms with van der Waals surface area (Å²) >= 11 is 0. The Labute approximate surface area is 125 Å². The average Bonchev–Trinajstić information content (AvgIpc) is 2.45. The van der Waals surface area contributed by atoms with Gasteiger partial charge in [-0.05, 0) is 32.8 Å². The summed E-state index contributed by atoms with van der Waals surface area (Å²) in [4.78, 5) is 17.2. The summed E-state index contributed by atoms with van der Waals surface area (Å²) in [5, 5.41) is 0. The maximum absolute atomic E-state index is 12.0. The SMILES string of the molecule is [C-]#[N+]c1ccccc1C1=CCN(C(=O)OC(C)(C)C)CC1. The van der Waals surface area contributed by atoms with Crippen LogP contribution in [0.1, 0.15) is 32.8 Å². The lowest BCUT2D eigenvalue weighted by atomic mass is 9.98. The second kappa shape index (κ2) is 6.01. The first kappa shape index (κ1) is 15.1. The van der Waals surface area contributed by atoms with Crippen molar-refractivity contribution in [1.82, 2.24) is 4.90 Å². The molecule has 1 amide bonds. The Kier molecular flexibility index (Phi) is 4.32. The molecule has 1 aliphatic rings. The summed E-state index contributed by atoms with van der Waals surface area (Å²) < 4.78 is 5.37. The lowest BCUT2D eigenvalue weighted by molar-refractivity contribution is 0.0270. The van der Waals surface area contributed by atoms with Crippen molar-refractivity contribution in [2.75, 3.05) is 13.1 Å². The molecule has 1 heterocycles. The molecule has 1 aliphatic heterocycles. The van der Waals surface area contributed by atoms with E-state index in [0.29, 0.717) is 18.8 Å². The van der Waals surface area contributed by atoms with Crippen molar-refractivity contribution in [2.24, 2.45) is 0 Å². The van der Waals surface area contributed by atoms with Crippen molar-refractivity contribution in [3.8, 4) is 0 Å². The van der Waals surface area contributed by atoms with Gasteiger partial charge in [0.1, 0.15) is 5.60 Å². The maximum Gasteiger partial charge on any atom is 0.410 e. The molecule has 1 aromatic rings. The summed E-state index contributed by atoms with van der Waals surface area (Å²) in [6.45, 7) is 14.0. The van der Waals surface area contributed by atoms with Crippen molar-refractivity contribution >= 4 is 17.4 Å². The molecule has 2 rings (SSSR count). The van der Waals surface area contributed by atoms with Crippen LogP contribution in [0.5, 0.6) is 0 Å². The summed E-state index contributed by atoms with van der Waals surface area (Å²) in [5.41, 5.74) is 2.28. The minimum Gasteiger partial charge on any atom is -0.444 e. The topological polar surface area (TPSA) is 33.9 Å². The molecule has 0 saturated carbocycles. The lowest BCUT2D eigenvalue weighted by Gasteiger charge is -2.29. The molecule has 0 spiro atoms.